The zero-order chi connectivity index (χ0) is 5.15. The largest absolute Gasteiger partial charge is 0.469 e. The summed E-state index contributed by atoms with van der Waals surface area (Å²) in [5, 5.41) is 16.1. The van der Waals surface area contributed by atoms with Gasteiger partial charge in [0.15, 0.2) is 0 Å². The van der Waals surface area contributed by atoms with Gasteiger partial charge in [-0.1, -0.05) is 6.92 Å². The molecule has 0 bridgehead atoms. The lowest BCUT2D eigenvalue weighted by atomic mass is 9.82. The van der Waals surface area contributed by atoms with Crippen LogP contribution in [-0.4, -0.2) is 23.1 Å². The normalized spacial score (nSPS) is 14.0. The molecule has 0 aliphatic heterocycles. The van der Waals surface area contributed by atoms with Crippen molar-refractivity contribution in [3.05, 3.63) is 0 Å². The molecule has 0 aromatic carbocycles. The zero-order valence-corrected chi connectivity index (χ0v) is 3.63. The lowest BCUT2D eigenvalue weighted by molar-refractivity contribution is 0.391. The van der Waals surface area contributed by atoms with Crippen molar-refractivity contribution in [3.63, 3.8) is 0 Å². The topological polar surface area (TPSA) is 66.5 Å². The standard InChI is InChI=1S/C2H8BNO2/c1-2(4)3(5)6/h2,5-6H,4H2,1H3. The van der Waals surface area contributed by atoms with Gasteiger partial charge in [-0.05, 0) is 0 Å². The first-order valence-corrected chi connectivity index (χ1v) is 1.76. The van der Waals surface area contributed by atoms with Crippen LogP contribution in [0.25, 0.3) is 0 Å². The number of hydrogen-bond acceptors (Lipinski definition) is 3. The molecule has 0 aliphatic carbocycles. The summed E-state index contributed by atoms with van der Waals surface area (Å²) in [4.78, 5) is 0. The first kappa shape index (κ1) is 5.94. The second-order valence-electron chi connectivity index (χ2n) is 1.27. The molecule has 0 aromatic heterocycles. The molecule has 4 N–H and O–H groups in total. The second kappa shape index (κ2) is 2.18. The van der Waals surface area contributed by atoms with Gasteiger partial charge in [0, 0.05) is 5.94 Å². The van der Waals surface area contributed by atoms with Crippen LogP contribution in [0.4, 0.5) is 0 Å². The highest BCUT2D eigenvalue weighted by atomic mass is 16.4. The molecule has 0 aromatic rings. The van der Waals surface area contributed by atoms with E-state index in [0.717, 1.165) is 0 Å². The van der Waals surface area contributed by atoms with Crippen LogP contribution in [-0.2, 0) is 0 Å². The molecule has 6 heavy (non-hydrogen) atoms. The van der Waals surface area contributed by atoms with E-state index in [1.807, 2.05) is 0 Å². The van der Waals surface area contributed by atoms with Gasteiger partial charge in [-0.15, -0.1) is 0 Å². The summed E-state index contributed by atoms with van der Waals surface area (Å²) in [7, 11) is -1.37. The van der Waals surface area contributed by atoms with Gasteiger partial charge < -0.3 is 15.8 Å². The molecule has 1 unspecified atom stereocenters. The van der Waals surface area contributed by atoms with E-state index in [4.69, 9.17) is 15.8 Å². The van der Waals surface area contributed by atoms with Crippen molar-refractivity contribution in [3.8, 4) is 0 Å². The molecule has 1 atom stereocenters. The Bertz CT molecular complexity index is 32.5. The van der Waals surface area contributed by atoms with Gasteiger partial charge in [0.25, 0.3) is 0 Å². The van der Waals surface area contributed by atoms with Crippen LogP contribution in [0.2, 0.25) is 0 Å². The maximum Gasteiger partial charge on any atom is 0.469 e. The number of nitrogens with two attached hydrogens (primary N) is 1. The number of hydrogen-bond donors (Lipinski definition) is 3. The van der Waals surface area contributed by atoms with Crippen molar-refractivity contribution in [1.29, 1.82) is 0 Å². The molecule has 36 valence electrons. The first-order valence-electron chi connectivity index (χ1n) is 1.76. The quantitative estimate of drug-likeness (QED) is 0.337. The maximum atomic E-state index is 8.06. The molecule has 0 aliphatic rings. The van der Waals surface area contributed by atoms with Crippen LogP contribution in [0.3, 0.4) is 0 Å². The summed E-state index contributed by atoms with van der Waals surface area (Å²) in [6.45, 7) is 1.52. The first-order chi connectivity index (χ1) is 2.64. The third kappa shape index (κ3) is 2.20. The van der Waals surface area contributed by atoms with E-state index in [1.54, 1.807) is 0 Å². The Balaban J connectivity index is 2.99. The Morgan fingerprint density at radius 1 is 1.67 bits per heavy atom. The summed E-state index contributed by atoms with van der Waals surface area (Å²) in [5.74, 6) is -0.537. The molecule has 0 amide bonds. The lowest BCUT2D eigenvalue weighted by Gasteiger charge is -1.97. The van der Waals surface area contributed by atoms with Gasteiger partial charge in [0.2, 0.25) is 0 Å². The second-order valence-corrected chi connectivity index (χ2v) is 1.27. The molecular formula is C2H8BNO2. The summed E-state index contributed by atoms with van der Waals surface area (Å²) < 4.78 is 0. The third-order valence-corrected chi connectivity index (χ3v) is 0.470. The van der Waals surface area contributed by atoms with Gasteiger partial charge in [-0.3, -0.25) is 0 Å². The van der Waals surface area contributed by atoms with E-state index in [0.29, 0.717) is 0 Å². The van der Waals surface area contributed by atoms with Crippen LogP contribution in [0.15, 0.2) is 0 Å². The predicted molar refractivity (Wildman–Crippen MR) is 23.8 cm³/mol. The Kier molecular flexibility index (Phi) is 2.16. The van der Waals surface area contributed by atoms with Gasteiger partial charge in [-0.2, -0.15) is 0 Å². The van der Waals surface area contributed by atoms with Gasteiger partial charge in [0.05, 0.1) is 0 Å². The van der Waals surface area contributed by atoms with Crippen LogP contribution in [0, 0.1) is 0 Å². The molecule has 0 fully saturated rings. The molecular weight excluding hydrogens is 80.8 g/mol. The van der Waals surface area contributed by atoms with Gasteiger partial charge >= 0.3 is 7.12 Å². The molecule has 0 saturated carbocycles. The van der Waals surface area contributed by atoms with Crippen molar-refractivity contribution in [2.24, 2.45) is 5.73 Å². The van der Waals surface area contributed by atoms with E-state index in [1.165, 1.54) is 6.92 Å². The van der Waals surface area contributed by atoms with Crippen LogP contribution in [0.1, 0.15) is 6.92 Å². The number of rotatable bonds is 1. The van der Waals surface area contributed by atoms with Gasteiger partial charge in [-0.25, -0.2) is 0 Å². The summed E-state index contributed by atoms with van der Waals surface area (Å²) in [6, 6.07) is 0. The zero-order valence-electron chi connectivity index (χ0n) is 3.63. The molecule has 0 spiro atoms. The Morgan fingerprint density at radius 3 is 1.83 bits per heavy atom. The molecule has 0 radical (unpaired) electrons. The van der Waals surface area contributed by atoms with Crippen LogP contribution < -0.4 is 5.73 Å². The smallest absolute Gasteiger partial charge is 0.426 e. The van der Waals surface area contributed by atoms with E-state index < -0.39 is 13.1 Å². The average molecular weight is 88.9 g/mol. The molecule has 0 heterocycles. The van der Waals surface area contributed by atoms with E-state index in [2.05, 4.69) is 0 Å². The Hall–Kier alpha value is -0.0551. The fourth-order valence-electron chi connectivity index (χ4n) is 0. The molecule has 4 heteroatoms. The highest BCUT2D eigenvalue weighted by Gasteiger charge is 2.10. The molecule has 3 nitrogen and oxygen atoms in total. The van der Waals surface area contributed by atoms with E-state index in [9.17, 15) is 0 Å². The third-order valence-electron chi connectivity index (χ3n) is 0.470. The Morgan fingerprint density at radius 2 is 1.83 bits per heavy atom. The van der Waals surface area contributed by atoms with Crippen molar-refractivity contribution in [1.82, 2.24) is 0 Å². The van der Waals surface area contributed by atoms with Crippen molar-refractivity contribution >= 4 is 7.12 Å². The minimum Gasteiger partial charge on any atom is -0.426 e. The monoisotopic (exact) mass is 89.1 g/mol. The minimum absolute atomic E-state index is 0.537. The SMILES string of the molecule is CC(N)B(O)O. The predicted octanol–water partition coefficient (Wildman–Crippen LogP) is -1.65. The highest BCUT2D eigenvalue weighted by molar-refractivity contribution is 6.42. The maximum absolute atomic E-state index is 8.06. The summed E-state index contributed by atoms with van der Waals surface area (Å²) >= 11 is 0. The average Bonchev–Trinajstić information content (AvgIpc) is 1.36. The van der Waals surface area contributed by atoms with Crippen molar-refractivity contribution in [2.45, 2.75) is 12.9 Å². The molecule has 0 saturated heterocycles. The summed E-state index contributed by atoms with van der Waals surface area (Å²) in [6.07, 6.45) is 0. The fourth-order valence-corrected chi connectivity index (χ4v) is 0. The van der Waals surface area contributed by atoms with Crippen molar-refractivity contribution in [2.75, 3.05) is 0 Å². The van der Waals surface area contributed by atoms with E-state index in [-0.39, 0.29) is 0 Å². The van der Waals surface area contributed by atoms with E-state index >= 15 is 0 Å². The highest BCUT2D eigenvalue weighted by Crippen LogP contribution is 1.71. The fraction of sp³-hybridized carbons (Fsp3) is 1.00. The van der Waals surface area contributed by atoms with Crippen LogP contribution >= 0.6 is 0 Å². The van der Waals surface area contributed by atoms with Gasteiger partial charge in [0.1, 0.15) is 0 Å². The van der Waals surface area contributed by atoms with Crippen molar-refractivity contribution < 1.29 is 10.0 Å². The minimum atomic E-state index is -1.37. The Labute approximate surface area is 36.9 Å². The summed E-state index contributed by atoms with van der Waals surface area (Å²) in [5.41, 5.74) is 4.94. The van der Waals surface area contributed by atoms with Crippen LogP contribution in [0.5, 0.6) is 0 Å². The lowest BCUT2D eigenvalue weighted by Crippen LogP contribution is -2.35. The molecule has 0 rings (SSSR count).